The molecule has 0 amide bonds. The molecule has 0 radical (unpaired) electrons. The number of hydrogen-bond donors (Lipinski definition) is 1. The molecule has 29 heavy (non-hydrogen) atoms. The fraction of sp³-hybridized carbons (Fsp3) is 0.150. The molecule has 0 bridgehead atoms. The van der Waals surface area contributed by atoms with Gasteiger partial charge in [0.15, 0.2) is 16.3 Å². The monoisotopic (exact) mass is 421 g/mol. The van der Waals surface area contributed by atoms with Crippen molar-refractivity contribution < 1.29 is 9.15 Å². The van der Waals surface area contributed by atoms with Crippen LogP contribution < -0.4 is 10.2 Å². The van der Waals surface area contributed by atoms with Crippen LogP contribution in [0.1, 0.15) is 11.1 Å². The lowest BCUT2D eigenvalue weighted by Crippen LogP contribution is -2.13. The lowest BCUT2D eigenvalue weighted by atomic mass is 10.1. The maximum Gasteiger partial charge on any atom is 0.248 e. The number of oxazole rings is 1. The summed E-state index contributed by atoms with van der Waals surface area (Å²) < 4.78 is 14.0. The number of benzene rings is 2. The first-order valence-corrected chi connectivity index (χ1v) is 11.0. The summed E-state index contributed by atoms with van der Waals surface area (Å²) in [5, 5.41) is 9.93. The number of fused-ring (bicyclic) bond motifs is 2. The Morgan fingerprint density at radius 2 is 2.21 bits per heavy atom. The average molecular weight is 422 g/mol. The predicted octanol–water partition coefficient (Wildman–Crippen LogP) is 4.44. The van der Waals surface area contributed by atoms with Crippen LogP contribution in [-0.2, 0) is 6.61 Å². The van der Waals surface area contributed by atoms with Gasteiger partial charge in [0.2, 0.25) is 5.89 Å². The summed E-state index contributed by atoms with van der Waals surface area (Å²) in [5.41, 5.74) is 6.81. The van der Waals surface area contributed by atoms with Gasteiger partial charge in [-0.05, 0) is 47.8 Å². The van der Waals surface area contributed by atoms with Crippen LogP contribution in [0, 0.1) is 11.3 Å². The lowest BCUT2D eigenvalue weighted by Gasteiger charge is -2.06. The third kappa shape index (κ3) is 3.41. The second-order valence-electron chi connectivity index (χ2n) is 6.32. The van der Waals surface area contributed by atoms with Gasteiger partial charge < -0.3 is 14.6 Å². The second-order valence-corrected chi connectivity index (χ2v) is 8.63. The van der Waals surface area contributed by atoms with Crippen molar-refractivity contribution in [3.8, 4) is 23.4 Å². The number of nitrogens with zero attached hydrogens (tertiary/aromatic N) is 4. The molecule has 2 aromatic carbocycles. The van der Waals surface area contributed by atoms with Gasteiger partial charge in [-0.1, -0.05) is 18.2 Å². The Kier molecular flexibility index (Phi) is 4.58. The molecule has 5 rings (SSSR count). The summed E-state index contributed by atoms with van der Waals surface area (Å²) in [5.74, 6) is 1.08. The normalized spacial score (nSPS) is 15.1. The molecule has 144 valence electrons. The highest BCUT2D eigenvalue weighted by atomic mass is 32.2. The molecule has 3 heterocycles. The van der Waals surface area contributed by atoms with Gasteiger partial charge in [-0.2, -0.15) is 5.26 Å². The van der Waals surface area contributed by atoms with Crippen LogP contribution in [0.4, 0.5) is 0 Å². The van der Waals surface area contributed by atoms with Crippen molar-refractivity contribution in [1.29, 1.82) is 5.26 Å². The van der Waals surface area contributed by atoms with Crippen molar-refractivity contribution in [2.45, 2.75) is 16.5 Å². The van der Waals surface area contributed by atoms with E-state index >= 15 is 0 Å². The van der Waals surface area contributed by atoms with Gasteiger partial charge in [-0.15, -0.1) is 11.8 Å². The summed E-state index contributed by atoms with van der Waals surface area (Å²) in [6, 6.07) is 15.1. The Labute approximate surface area is 175 Å². The van der Waals surface area contributed by atoms with E-state index in [1.54, 1.807) is 29.6 Å². The van der Waals surface area contributed by atoms with E-state index < -0.39 is 0 Å². The third-order valence-electron chi connectivity index (χ3n) is 4.40. The van der Waals surface area contributed by atoms with Gasteiger partial charge in [0, 0.05) is 0 Å². The molecule has 0 fully saturated rings. The fourth-order valence-corrected chi connectivity index (χ4v) is 4.61. The minimum absolute atomic E-state index is 0.259. The Morgan fingerprint density at radius 3 is 3.03 bits per heavy atom. The van der Waals surface area contributed by atoms with Crippen LogP contribution in [-0.4, -0.2) is 25.6 Å². The zero-order valence-corrected chi connectivity index (χ0v) is 17.0. The molecule has 1 atom stereocenters. The first-order chi connectivity index (χ1) is 14.2. The summed E-state index contributed by atoms with van der Waals surface area (Å²) in [4.78, 5) is 9.24. The van der Waals surface area contributed by atoms with Gasteiger partial charge in [0.1, 0.15) is 22.8 Å². The Morgan fingerprint density at radius 1 is 1.31 bits per heavy atom. The first kappa shape index (κ1) is 18.0. The minimum atomic E-state index is 0.259. The van der Waals surface area contributed by atoms with Crippen molar-refractivity contribution >= 4 is 34.6 Å². The maximum atomic E-state index is 9.04. The number of para-hydroxylation sites is 1. The Bertz CT molecular complexity index is 1220. The average Bonchev–Trinajstić information content (AvgIpc) is 3.44. The Balaban J connectivity index is 1.41. The minimum Gasteiger partial charge on any atom is -0.486 e. The van der Waals surface area contributed by atoms with Crippen molar-refractivity contribution in [1.82, 2.24) is 14.6 Å². The molecule has 0 saturated carbocycles. The topological polar surface area (TPSA) is 88.9 Å². The second kappa shape index (κ2) is 7.39. The highest BCUT2D eigenvalue weighted by molar-refractivity contribution is 8.16. The molecule has 0 spiro atoms. The highest BCUT2D eigenvalue weighted by Gasteiger charge is 2.25. The number of nitrogens with one attached hydrogen (secondary N) is 1. The molecule has 1 aliphatic heterocycles. The standard InChI is InChI=1S/C20H15N5O2S2/c1-28-20-24-25-10-14(22-19(25)29-20)18-23-17-15(6-3-7-16(17)27-18)26-11-13-5-2-4-12(8-13)9-21/h2-8,10,20,24H,11H2,1H3. The van der Waals surface area contributed by atoms with Crippen LogP contribution in [0.15, 0.2) is 58.2 Å². The van der Waals surface area contributed by atoms with E-state index in [1.807, 2.05) is 47.3 Å². The van der Waals surface area contributed by atoms with Gasteiger partial charge in [-0.25, -0.2) is 14.6 Å². The smallest absolute Gasteiger partial charge is 0.248 e. The van der Waals surface area contributed by atoms with Crippen molar-refractivity contribution in [3.63, 3.8) is 0 Å². The van der Waals surface area contributed by atoms with Crippen LogP contribution >= 0.6 is 23.5 Å². The Hall–Kier alpha value is -3.09. The summed E-state index contributed by atoms with van der Waals surface area (Å²) in [6.07, 6.45) is 3.94. The molecule has 2 aromatic heterocycles. The SMILES string of the molecule is CSC1Nn2cc(-c3nc4c(OCc5cccc(C#N)c5)cccc4o3)nc2S1. The summed E-state index contributed by atoms with van der Waals surface area (Å²) in [7, 11) is 0. The molecular formula is C20H15N5O2S2. The van der Waals surface area contributed by atoms with E-state index in [1.165, 1.54) is 0 Å². The first-order valence-electron chi connectivity index (χ1n) is 8.80. The van der Waals surface area contributed by atoms with E-state index in [2.05, 4.69) is 27.7 Å². The predicted molar refractivity (Wildman–Crippen MR) is 113 cm³/mol. The van der Waals surface area contributed by atoms with Crippen LogP contribution in [0.5, 0.6) is 5.75 Å². The van der Waals surface area contributed by atoms with E-state index in [-0.39, 0.29) is 4.71 Å². The van der Waals surface area contributed by atoms with Crippen molar-refractivity contribution in [2.75, 3.05) is 11.7 Å². The van der Waals surface area contributed by atoms with Gasteiger partial charge in [-0.3, -0.25) is 0 Å². The molecule has 0 aliphatic carbocycles. The maximum absolute atomic E-state index is 9.04. The molecule has 7 nitrogen and oxygen atoms in total. The number of hydrogen-bond acceptors (Lipinski definition) is 8. The molecule has 4 aromatic rings. The van der Waals surface area contributed by atoms with E-state index in [9.17, 15) is 0 Å². The number of ether oxygens (including phenoxy) is 1. The number of rotatable bonds is 5. The molecule has 9 heteroatoms. The van der Waals surface area contributed by atoms with E-state index in [0.29, 0.717) is 40.6 Å². The third-order valence-corrected chi connectivity index (χ3v) is 6.61. The van der Waals surface area contributed by atoms with Crippen LogP contribution in [0.3, 0.4) is 0 Å². The zero-order valence-electron chi connectivity index (χ0n) is 15.3. The van der Waals surface area contributed by atoms with Crippen LogP contribution in [0.2, 0.25) is 0 Å². The lowest BCUT2D eigenvalue weighted by molar-refractivity contribution is 0.309. The molecule has 1 unspecified atom stereocenters. The zero-order chi connectivity index (χ0) is 19.8. The van der Waals surface area contributed by atoms with Crippen molar-refractivity contribution in [2.24, 2.45) is 0 Å². The largest absolute Gasteiger partial charge is 0.486 e. The number of thioether (sulfide) groups is 2. The highest BCUT2D eigenvalue weighted by Crippen LogP contribution is 2.36. The van der Waals surface area contributed by atoms with E-state index in [0.717, 1.165) is 10.7 Å². The molecule has 0 saturated heterocycles. The van der Waals surface area contributed by atoms with Gasteiger partial charge in [0.25, 0.3) is 0 Å². The van der Waals surface area contributed by atoms with Crippen molar-refractivity contribution in [3.05, 3.63) is 59.8 Å². The van der Waals surface area contributed by atoms with Gasteiger partial charge in [0.05, 0.1) is 17.8 Å². The molecule has 1 aliphatic rings. The fourth-order valence-electron chi connectivity index (χ4n) is 3.02. The van der Waals surface area contributed by atoms with E-state index in [4.69, 9.17) is 14.4 Å². The number of aromatic nitrogens is 3. The summed E-state index contributed by atoms with van der Waals surface area (Å²) >= 11 is 3.38. The quantitative estimate of drug-likeness (QED) is 0.506. The van der Waals surface area contributed by atoms with Crippen LogP contribution in [0.25, 0.3) is 22.7 Å². The molecule has 1 N–H and O–H groups in total. The number of nitriles is 1. The number of imidazole rings is 1. The van der Waals surface area contributed by atoms with Gasteiger partial charge >= 0.3 is 0 Å². The summed E-state index contributed by atoms with van der Waals surface area (Å²) in [6.45, 7) is 0.340. The molecular weight excluding hydrogens is 406 g/mol.